The van der Waals surface area contributed by atoms with Crippen LogP contribution >= 0.6 is 23.5 Å². The number of benzene rings is 1. The number of terminal acetylenes is 1. The topological polar surface area (TPSA) is 33.1 Å². The number of hydrogen-bond acceptors (Lipinski definition) is 4. The van der Waals surface area contributed by atoms with Crippen molar-refractivity contribution in [2.24, 2.45) is 0 Å². The average Bonchev–Trinajstić information content (AvgIpc) is 2.50. The van der Waals surface area contributed by atoms with Crippen molar-refractivity contribution >= 4 is 34.4 Å². The largest absolute Gasteiger partial charge is 0.384 e. The molecule has 100 valence electrons. The van der Waals surface area contributed by atoms with E-state index in [0.29, 0.717) is 11.5 Å². The molecule has 0 aliphatic carbocycles. The van der Waals surface area contributed by atoms with Gasteiger partial charge in [-0.25, -0.2) is 0 Å². The first-order valence-corrected chi connectivity index (χ1v) is 7.97. The number of aliphatic hydroxyl groups is 1. The van der Waals surface area contributed by atoms with E-state index in [1.54, 1.807) is 23.5 Å². The summed E-state index contributed by atoms with van der Waals surface area (Å²) in [5.74, 6) is 9.46. The van der Waals surface area contributed by atoms with Gasteiger partial charge < -0.3 is 5.11 Å². The fraction of sp³-hybridized carbons (Fsp3) is 0.188. The standard InChI is InChI=1S/C16H13NOS2/c1-2-10-20-16-13-7-3-4-8-14(13)17-12-15(16)19-11-6-5-9-18/h1,3-4,7-8,12,18H,9-11H2. The Labute approximate surface area is 127 Å². The van der Waals surface area contributed by atoms with Crippen molar-refractivity contribution in [2.45, 2.75) is 9.79 Å². The van der Waals surface area contributed by atoms with Crippen LogP contribution in [0.1, 0.15) is 0 Å². The van der Waals surface area contributed by atoms with E-state index in [4.69, 9.17) is 11.5 Å². The van der Waals surface area contributed by atoms with E-state index >= 15 is 0 Å². The van der Waals surface area contributed by atoms with E-state index < -0.39 is 0 Å². The van der Waals surface area contributed by atoms with Crippen molar-refractivity contribution in [1.82, 2.24) is 4.98 Å². The highest BCUT2D eigenvalue weighted by Gasteiger charge is 2.09. The quantitative estimate of drug-likeness (QED) is 0.695. The van der Waals surface area contributed by atoms with E-state index in [1.165, 1.54) is 0 Å². The normalized spacial score (nSPS) is 9.80. The third kappa shape index (κ3) is 3.71. The highest BCUT2D eigenvalue weighted by molar-refractivity contribution is 8.02. The van der Waals surface area contributed by atoms with Gasteiger partial charge in [-0.05, 0) is 6.07 Å². The van der Waals surface area contributed by atoms with E-state index in [1.807, 2.05) is 24.4 Å². The van der Waals surface area contributed by atoms with Gasteiger partial charge in [0.2, 0.25) is 0 Å². The Balaban J connectivity index is 2.34. The number of aromatic nitrogens is 1. The minimum atomic E-state index is -0.102. The first-order valence-electron chi connectivity index (χ1n) is 6.00. The number of thioether (sulfide) groups is 2. The molecule has 0 fully saturated rings. The third-order valence-electron chi connectivity index (χ3n) is 2.50. The van der Waals surface area contributed by atoms with Crippen LogP contribution in [0.2, 0.25) is 0 Å². The molecule has 1 N–H and O–H groups in total. The number of pyridine rings is 1. The minimum absolute atomic E-state index is 0.102. The maximum Gasteiger partial charge on any atom is 0.104 e. The fourth-order valence-corrected chi connectivity index (χ4v) is 3.49. The van der Waals surface area contributed by atoms with Crippen LogP contribution in [0.3, 0.4) is 0 Å². The molecule has 1 aromatic heterocycles. The molecule has 0 spiro atoms. The summed E-state index contributed by atoms with van der Waals surface area (Å²) in [6.45, 7) is -0.102. The van der Waals surface area contributed by atoms with E-state index in [2.05, 4.69) is 28.8 Å². The first-order chi connectivity index (χ1) is 9.86. The number of fused-ring (bicyclic) bond motifs is 1. The minimum Gasteiger partial charge on any atom is -0.384 e. The molecule has 0 bridgehead atoms. The van der Waals surface area contributed by atoms with Crippen LogP contribution in [0.25, 0.3) is 10.9 Å². The van der Waals surface area contributed by atoms with Gasteiger partial charge in [0, 0.05) is 21.4 Å². The smallest absolute Gasteiger partial charge is 0.104 e. The molecule has 0 amide bonds. The lowest BCUT2D eigenvalue weighted by atomic mass is 10.2. The second-order valence-corrected chi connectivity index (χ2v) is 5.76. The lowest BCUT2D eigenvalue weighted by molar-refractivity contribution is 0.350. The zero-order chi connectivity index (χ0) is 14.2. The third-order valence-corrected chi connectivity index (χ3v) is 4.58. The van der Waals surface area contributed by atoms with Gasteiger partial charge in [0.15, 0.2) is 0 Å². The van der Waals surface area contributed by atoms with Crippen molar-refractivity contribution in [3.8, 4) is 24.2 Å². The summed E-state index contributed by atoms with van der Waals surface area (Å²) in [6, 6.07) is 8.04. The van der Waals surface area contributed by atoms with Gasteiger partial charge in [0.1, 0.15) is 6.61 Å². The molecule has 2 aromatic rings. The molecule has 1 heterocycles. The zero-order valence-electron chi connectivity index (χ0n) is 10.8. The van der Waals surface area contributed by atoms with Gasteiger partial charge >= 0.3 is 0 Å². The summed E-state index contributed by atoms with van der Waals surface area (Å²) in [5, 5.41) is 9.77. The molecule has 2 nitrogen and oxygen atoms in total. The molecule has 0 saturated carbocycles. The maximum atomic E-state index is 8.65. The fourth-order valence-electron chi connectivity index (χ4n) is 1.68. The van der Waals surface area contributed by atoms with Crippen molar-refractivity contribution in [3.63, 3.8) is 0 Å². The van der Waals surface area contributed by atoms with Gasteiger partial charge in [-0.3, -0.25) is 4.98 Å². The molecule has 0 radical (unpaired) electrons. The Hall–Kier alpha value is -1.59. The van der Waals surface area contributed by atoms with Gasteiger partial charge in [0.05, 0.1) is 17.0 Å². The Morgan fingerprint density at radius 3 is 2.80 bits per heavy atom. The number of hydrogen-bond donors (Lipinski definition) is 1. The summed E-state index contributed by atoms with van der Waals surface area (Å²) in [5.41, 5.74) is 0.970. The van der Waals surface area contributed by atoms with Gasteiger partial charge in [-0.15, -0.1) is 29.9 Å². The monoisotopic (exact) mass is 299 g/mol. The molecule has 20 heavy (non-hydrogen) atoms. The molecular weight excluding hydrogens is 286 g/mol. The van der Waals surface area contributed by atoms with Crippen LogP contribution in [-0.4, -0.2) is 28.2 Å². The van der Waals surface area contributed by atoms with Crippen LogP contribution in [0.5, 0.6) is 0 Å². The van der Waals surface area contributed by atoms with E-state index in [9.17, 15) is 0 Å². The molecule has 0 unspecified atom stereocenters. The molecule has 0 atom stereocenters. The van der Waals surface area contributed by atoms with E-state index in [0.717, 1.165) is 20.7 Å². The molecule has 0 saturated heterocycles. The Bertz CT molecular complexity index is 695. The Kier molecular flexibility index (Phi) is 5.83. The number of rotatable bonds is 4. The summed E-state index contributed by atoms with van der Waals surface area (Å²) in [4.78, 5) is 6.70. The molecule has 0 aliphatic heterocycles. The molecule has 0 aliphatic rings. The highest BCUT2D eigenvalue weighted by Crippen LogP contribution is 2.35. The van der Waals surface area contributed by atoms with Crippen LogP contribution in [0.15, 0.2) is 40.3 Å². The van der Waals surface area contributed by atoms with Gasteiger partial charge in [0.25, 0.3) is 0 Å². The zero-order valence-corrected chi connectivity index (χ0v) is 12.4. The molecular formula is C16H13NOS2. The van der Waals surface area contributed by atoms with Crippen molar-refractivity contribution in [1.29, 1.82) is 0 Å². The van der Waals surface area contributed by atoms with Crippen molar-refractivity contribution in [3.05, 3.63) is 30.5 Å². The Morgan fingerprint density at radius 1 is 1.15 bits per heavy atom. The predicted molar refractivity (Wildman–Crippen MR) is 86.9 cm³/mol. The van der Waals surface area contributed by atoms with Crippen LogP contribution < -0.4 is 0 Å². The maximum absolute atomic E-state index is 8.65. The second kappa shape index (κ2) is 7.87. The molecule has 2 rings (SSSR count). The SMILES string of the molecule is C#CCSc1c(SCC#CCO)cnc2ccccc12. The number of para-hydroxylation sites is 1. The van der Waals surface area contributed by atoms with Crippen molar-refractivity contribution < 1.29 is 5.11 Å². The van der Waals surface area contributed by atoms with Crippen molar-refractivity contribution in [2.75, 3.05) is 18.1 Å². The molecule has 4 heteroatoms. The summed E-state index contributed by atoms with van der Waals surface area (Å²) >= 11 is 3.26. The highest BCUT2D eigenvalue weighted by atomic mass is 32.2. The second-order valence-electron chi connectivity index (χ2n) is 3.76. The Morgan fingerprint density at radius 2 is 2.00 bits per heavy atom. The van der Waals surface area contributed by atoms with Crippen LogP contribution in [0, 0.1) is 24.2 Å². The van der Waals surface area contributed by atoms with Gasteiger partial charge in [-0.1, -0.05) is 36.0 Å². The summed E-state index contributed by atoms with van der Waals surface area (Å²) < 4.78 is 0. The number of nitrogens with zero attached hydrogens (tertiary/aromatic N) is 1. The first kappa shape index (κ1) is 14.8. The predicted octanol–water partition coefficient (Wildman–Crippen LogP) is 3.05. The number of aliphatic hydroxyl groups excluding tert-OH is 1. The lowest BCUT2D eigenvalue weighted by Gasteiger charge is -2.09. The van der Waals surface area contributed by atoms with Gasteiger partial charge in [-0.2, -0.15) is 0 Å². The van der Waals surface area contributed by atoms with Crippen LogP contribution in [-0.2, 0) is 0 Å². The van der Waals surface area contributed by atoms with E-state index in [-0.39, 0.29) is 6.61 Å². The summed E-state index contributed by atoms with van der Waals surface area (Å²) in [7, 11) is 0. The molecule has 1 aromatic carbocycles. The summed E-state index contributed by atoms with van der Waals surface area (Å²) in [6.07, 6.45) is 7.23. The average molecular weight is 299 g/mol. The lowest BCUT2D eigenvalue weighted by Crippen LogP contribution is -1.88. The van der Waals surface area contributed by atoms with Crippen LogP contribution in [0.4, 0.5) is 0 Å².